The van der Waals surface area contributed by atoms with Gasteiger partial charge in [0.1, 0.15) is 5.82 Å². The Labute approximate surface area is 134 Å². The predicted molar refractivity (Wildman–Crippen MR) is 88.3 cm³/mol. The van der Waals surface area contributed by atoms with Crippen LogP contribution in [0.25, 0.3) is 0 Å². The number of rotatable bonds is 4. The zero-order valence-electron chi connectivity index (χ0n) is 13.3. The summed E-state index contributed by atoms with van der Waals surface area (Å²) in [4.78, 5) is 24.6. The lowest BCUT2D eigenvalue weighted by Gasteiger charge is -2.24. The summed E-state index contributed by atoms with van der Waals surface area (Å²) in [7, 11) is 0. The van der Waals surface area contributed by atoms with Crippen molar-refractivity contribution in [1.29, 1.82) is 0 Å². The van der Waals surface area contributed by atoms with E-state index in [0.717, 1.165) is 24.2 Å². The Morgan fingerprint density at radius 3 is 3.00 bits per heavy atom. The average Bonchev–Trinajstić information content (AvgIpc) is 2.86. The van der Waals surface area contributed by atoms with E-state index < -0.39 is 5.92 Å². The van der Waals surface area contributed by atoms with E-state index in [9.17, 15) is 9.59 Å². The van der Waals surface area contributed by atoms with Crippen LogP contribution < -0.4 is 10.6 Å². The number of hydrogen-bond donors (Lipinski definition) is 2. The molecule has 1 aliphatic rings. The van der Waals surface area contributed by atoms with Crippen LogP contribution in [0.4, 0.5) is 11.5 Å². The van der Waals surface area contributed by atoms with Gasteiger partial charge < -0.3 is 10.6 Å². The molecule has 3 rings (SSSR count). The standard InChI is InChI=1S/C17H20N4O2/c1-3-8-21-15(9-11(2)20-21)19-17(23)13-10-16(22)18-14-7-5-4-6-12(13)14/h4-7,9,13H,3,8,10H2,1-2H3,(H,18,22)(H,19,23). The minimum Gasteiger partial charge on any atom is -0.326 e. The summed E-state index contributed by atoms with van der Waals surface area (Å²) in [5.74, 6) is -0.116. The van der Waals surface area contributed by atoms with Crippen molar-refractivity contribution in [2.75, 3.05) is 10.6 Å². The van der Waals surface area contributed by atoms with Crippen LogP contribution >= 0.6 is 0 Å². The Morgan fingerprint density at radius 2 is 2.22 bits per heavy atom. The maximum absolute atomic E-state index is 12.7. The molecule has 0 radical (unpaired) electrons. The van der Waals surface area contributed by atoms with Crippen LogP contribution in [0.3, 0.4) is 0 Å². The molecule has 2 aromatic rings. The fourth-order valence-corrected chi connectivity index (χ4v) is 2.89. The number of hydrogen-bond acceptors (Lipinski definition) is 3. The predicted octanol–water partition coefficient (Wildman–Crippen LogP) is 2.67. The summed E-state index contributed by atoms with van der Waals surface area (Å²) in [6, 6.07) is 9.27. The SMILES string of the molecule is CCCn1nc(C)cc1NC(=O)C1CC(=O)Nc2ccccc21. The highest BCUT2D eigenvalue weighted by Gasteiger charge is 2.30. The number of carbonyl (C=O) groups excluding carboxylic acids is 2. The minimum absolute atomic E-state index is 0.137. The highest BCUT2D eigenvalue weighted by Crippen LogP contribution is 2.32. The Bertz CT molecular complexity index is 751. The van der Waals surface area contributed by atoms with Crippen LogP contribution in [-0.4, -0.2) is 21.6 Å². The van der Waals surface area contributed by atoms with Crippen LogP contribution in [-0.2, 0) is 16.1 Å². The van der Waals surface area contributed by atoms with Crippen LogP contribution in [0, 0.1) is 6.92 Å². The van der Waals surface area contributed by atoms with E-state index in [2.05, 4.69) is 22.7 Å². The van der Waals surface area contributed by atoms with E-state index in [-0.39, 0.29) is 18.2 Å². The molecule has 0 spiro atoms. The molecule has 6 heteroatoms. The third-order valence-corrected chi connectivity index (χ3v) is 3.91. The Morgan fingerprint density at radius 1 is 1.43 bits per heavy atom. The van der Waals surface area contributed by atoms with Crippen molar-refractivity contribution in [1.82, 2.24) is 9.78 Å². The molecule has 1 aromatic heterocycles. The topological polar surface area (TPSA) is 76.0 Å². The molecule has 1 unspecified atom stereocenters. The molecule has 0 aliphatic carbocycles. The molecule has 0 bridgehead atoms. The van der Waals surface area contributed by atoms with E-state index >= 15 is 0 Å². The van der Waals surface area contributed by atoms with E-state index in [1.807, 2.05) is 37.3 Å². The first-order valence-electron chi connectivity index (χ1n) is 7.82. The number of nitrogens with one attached hydrogen (secondary N) is 2. The highest BCUT2D eigenvalue weighted by atomic mass is 16.2. The molecule has 2 N–H and O–H groups in total. The maximum atomic E-state index is 12.7. The van der Waals surface area contributed by atoms with E-state index in [1.54, 1.807) is 4.68 Å². The molecule has 2 heterocycles. The number of carbonyl (C=O) groups is 2. The zero-order chi connectivity index (χ0) is 16.4. The monoisotopic (exact) mass is 312 g/mol. The van der Waals surface area contributed by atoms with Crippen molar-refractivity contribution >= 4 is 23.3 Å². The minimum atomic E-state index is -0.481. The number of nitrogens with zero attached hydrogens (tertiary/aromatic N) is 2. The van der Waals surface area contributed by atoms with Crippen molar-refractivity contribution in [3.05, 3.63) is 41.6 Å². The van der Waals surface area contributed by atoms with Crippen molar-refractivity contribution < 1.29 is 9.59 Å². The van der Waals surface area contributed by atoms with Crippen LogP contribution in [0.5, 0.6) is 0 Å². The number of fused-ring (bicyclic) bond motifs is 1. The van der Waals surface area contributed by atoms with Gasteiger partial charge >= 0.3 is 0 Å². The van der Waals surface area contributed by atoms with Gasteiger partial charge in [-0.05, 0) is 25.0 Å². The molecular formula is C17H20N4O2. The first-order chi connectivity index (χ1) is 11.1. The number of anilines is 2. The van der Waals surface area contributed by atoms with Gasteiger partial charge in [-0.3, -0.25) is 9.59 Å². The number of aryl methyl sites for hydroxylation is 2. The van der Waals surface area contributed by atoms with Crippen molar-refractivity contribution in [2.45, 2.75) is 39.2 Å². The Hall–Kier alpha value is -2.63. The van der Waals surface area contributed by atoms with Gasteiger partial charge in [0.15, 0.2) is 0 Å². The summed E-state index contributed by atoms with van der Waals surface area (Å²) >= 11 is 0. The maximum Gasteiger partial charge on any atom is 0.233 e. The lowest BCUT2D eigenvalue weighted by molar-refractivity contribution is -0.123. The summed E-state index contributed by atoms with van der Waals surface area (Å²) in [5.41, 5.74) is 2.42. The van der Waals surface area contributed by atoms with Crippen LogP contribution in [0.15, 0.2) is 30.3 Å². The summed E-state index contributed by atoms with van der Waals surface area (Å²) in [6.45, 7) is 4.70. The molecule has 120 valence electrons. The van der Waals surface area contributed by atoms with Gasteiger partial charge in [0.2, 0.25) is 11.8 Å². The van der Waals surface area contributed by atoms with Crippen LogP contribution in [0.1, 0.15) is 36.9 Å². The summed E-state index contributed by atoms with van der Waals surface area (Å²) in [5, 5.41) is 10.1. The van der Waals surface area contributed by atoms with Gasteiger partial charge in [0.05, 0.1) is 11.6 Å². The smallest absolute Gasteiger partial charge is 0.233 e. The van der Waals surface area contributed by atoms with E-state index in [0.29, 0.717) is 11.5 Å². The second-order valence-electron chi connectivity index (χ2n) is 5.78. The number of aromatic nitrogens is 2. The van der Waals surface area contributed by atoms with Gasteiger partial charge in [0.25, 0.3) is 0 Å². The summed E-state index contributed by atoms with van der Waals surface area (Å²) < 4.78 is 1.79. The lowest BCUT2D eigenvalue weighted by atomic mass is 9.90. The number of benzene rings is 1. The van der Waals surface area contributed by atoms with E-state index in [4.69, 9.17) is 0 Å². The lowest BCUT2D eigenvalue weighted by Crippen LogP contribution is -2.31. The van der Waals surface area contributed by atoms with Crippen molar-refractivity contribution in [2.24, 2.45) is 0 Å². The number of para-hydroxylation sites is 1. The molecule has 0 saturated carbocycles. The second-order valence-corrected chi connectivity index (χ2v) is 5.78. The fourth-order valence-electron chi connectivity index (χ4n) is 2.89. The van der Waals surface area contributed by atoms with E-state index in [1.165, 1.54) is 0 Å². The Balaban J connectivity index is 1.85. The first-order valence-corrected chi connectivity index (χ1v) is 7.82. The fraction of sp³-hybridized carbons (Fsp3) is 0.353. The zero-order valence-corrected chi connectivity index (χ0v) is 13.3. The largest absolute Gasteiger partial charge is 0.326 e. The van der Waals surface area contributed by atoms with Gasteiger partial charge in [0, 0.05) is 24.7 Å². The summed E-state index contributed by atoms with van der Waals surface area (Å²) in [6.07, 6.45) is 1.09. The second kappa shape index (κ2) is 6.24. The van der Waals surface area contributed by atoms with Gasteiger partial charge in [-0.25, -0.2) is 4.68 Å². The average molecular weight is 312 g/mol. The first kappa shape index (κ1) is 15.3. The Kier molecular flexibility index (Phi) is 4.14. The quantitative estimate of drug-likeness (QED) is 0.911. The molecule has 1 atom stereocenters. The van der Waals surface area contributed by atoms with Gasteiger partial charge in [-0.2, -0.15) is 5.10 Å². The molecular weight excluding hydrogens is 292 g/mol. The van der Waals surface area contributed by atoms with Crippen molar-refractivity contribution in [3.63, 3.8) is 0 Å². The number of amides is 2. The van der Waals surface area contributed by atoms with Crippen molar-refractivity contribution in [3.8, 4) is 0 Å². The molecule has 6 nitrogen and oxygen atoms in total. The normalized spacial score (nSPS) is 16.6. The molecule has 1 aliphatic heterocycles. The molecule has 2 amide bonds. The van der Waals surface area contributed by atoms with Crippen LogP contribution in [0.2, 0.25) is 0 Å². The van der Waals surface area contributed by atoms with Gasteiger partial charge in [-0.15, -0.1) is 0 Å². The van der Waals surface area contributed by atoms with Gasteiger partial charge in [-0.1, -0.05) is 25.1 Å². The molecule has 0 fully saturated rings. The molecule has 1 aromatic carbocycles. The third kappa shape index (κ3) is 3.11. The third-order valence-electron chi connectivity index (χ3n) is 3.91. The highest BCUT2D eigenvalue weighted by molar-refractivity contribution is 6.04. The molecule has 0 saturated heterocycles. The molecule has 23 heavy (non-hydrogen) atoms.